The lowest BCUT2D eigenvalue weighted by Crippen LogP contribution is -2.17. The third kappa shape index (κ3) is 1.68. The van der Waals surface area contributed by atoms with Crippen molar-refractivity contribution in [3.05, 3.63) is 0 Å². The highest BCUT2D eigenvalue weighted by atomic mass is 32.2. The zero-order valence-electron chi connectivity index (χ0n) is 3.84. The molecule has 0 aliphatic carbocycles. The van der Waals surface area contributed by atoms with Gasteiger partial charge in [-0.2, -0.15) is 8.42 Å². The molecule has 0 atom stereocenters. The zero-order chi connectivity index (χ0) is 6.78. The molecule has 0 radical (unpaired) electrons. The summed E-state index contributed by atoms with van der Waals surface area (Å²) in [6, 6.07) is 0. The molecule has 0 saturated carbocycles. The van der Waals surface area contributed by atoms with E-state index in [0.29, 0.717) is 7.05 Å². The van der Waals surface area contributed by atoms with E-state index in [9.17, 15) is 17.4 Å². The number of nitrogens with zero attached hydrogens (tertiary/aromatic N) is 1. The molecule has 50 valence electrons. The minimum atomic E-state index is -4.74. The number of halogens is 2. The van der Waals surface area contributed by atoms with Crippen LogP contribution >= 0.6 is 0 Å². The standard InChI is InChI=1S/CH3F2NO3S/c1-4(2)8(5,6)7-3/h1H3. The average molecular weight is 147 g/mol. The van der Waals surface area contributed by atoms with Crippen LogP contribution in [0.15, 0.2) is 0 Å². The first-order valence-electron chi connectivity index (χ1n) is 1.45. The van der Waals surface area contributed by atoms with Gasteiger partial charge < -0.3 is 0 Å². The van der Waals surface area contributed by atoms with Crippen LogP contribution in [0.4, 0.5) is 9.01 Å². The van der Waals surface area contributed by atoms with E-state index in [4.69, 9.17) is 0 Å². The fraction of sp³-hybridized carbons (Fsp3) is 1.00. The highest BCUT2D eigenvalue weighted by molar-refractivity contribution is 7.84. The molecule has 0 spiro atoms. The Morgan fingerprint density at radius 3 is 2.00 bits per heavy atom. The van der Waals surface area contributed by atoms with E-state index in [0.717, 1.165) is 0 Å². The molecule has 0 unspecified atom stereocenters. The van der Waals surface area contributed by atoms with Crippen LogP contribution < -0.4 is 0 Å². The Bertz CT molecular complexity index is 151. The Labute approximate surface area is 44.7 Å². The maximum absolute atomic E-state index is 11.4. The molecule has 0 rings (SSSR count). The summed E-state index contributed by atoms with van der Waals surface area (Å²) in [5.41, 5.74) is 0. The van der Waals surface area contributed by atoms with Crippen LogP contribution in [0, 0.1) is 0 Å². The maximum Gasteiger partial charge on any atom is 0.395 e. The predicted molar refractivity (Wildman–Crippen MR) is 20.0 cm³/mol. The topological polar surface area (TPSA) is 46.6 Å². The van der Waals surface area contributed by atoms with Gasteiger partial charge in [0.05, 0.1) is 0 Å². The second-order valence-electron chi connectivity index (χ2n) is 0.911. The molecule has 0 aromatic carbocycles. The summed E-state index contributed by atoms with van der Waals surface area (Å²) in [5.74, 6) is 0. The fourth-order valence-electron chi connectivity index (χ4n) is 0.0388. The largest absolute Gasteiger partial charge is 0.395 e. The van der Waals surface area contributed by atoms with Gasteiger partial charge in [-0.15, -0.1) is 4.48 Å². The Morgan fingerprint density at radius 2 is 2.00 bits per heavy atom. The van der Waals surface area contributed by atoms with Gasteiger partial charge in [-0.3, -0.25) is 0 Å². The molecule has 0 heterocycles. The predicted octanol–water partition coefficient (Wildman–Crippen LogP) is -0.0514. The van der Waals surface area contributed by atoms with E-state index in [1.807, 2.05) is 0 Å². The van der Waals surface area contributed by atoms with Crippen LogP contribution in [0.25, 0.3) is 0 Å². The second-order valence-corrected chi connectivity index (χ2v) is 2.40. The van der Waals surface area contributed by atoms with Crippen LogP contribution in [0.5, 0.6) is 0 Å². The molecule has 7 heteroatoms. The van der Waals surface area contributed by atoms with Gasteiger partial charge in [0.2, 0.25) is 0 Å². The molecule has 0 bridgehead atoms. The number of rotatable bonds is 2. The summed E-state index contributed by atoms with van der Waals surface area (Å²) >= 11 is 0. The first-order chi connectivity index (χ1) is 3.50. The lowest BCUT2D eigenvalue weighted by molar-refractivity contribution is -0.0215. The minimum absolute atomic E-state index is 0.495. The van der Waals surface area contributed by atoms with E-state index >= 15 is 0 Å². The van der Waals surface area contributed by atoms with Gasteiger partial charge in [-0.25, -0.2) is 0 Å². The lowest BCUT2D eigenvalue weighted by Gasteiger charge is -1.97. The van der Waals surface area contributed by atoms with Gasteiger partial charge in [0.25, 0.3) is 0 Å². The summed E-state index contributed by atoms with van der Waals surface area (Å²) in [7, 11) is -4.24. The van der Waals surface area contributed by atoms with Gasteiger partial charge in [-0.1, -0.05) is 0 Å². The van der Waals surface area contributed by atoms with Crippen LogP contribution in [0.1, 0.15) is 0 Å². The molecule has 0 aromatic heterocycles. The summed E-state index contributed by atoms with van der Waals surface area (Å²) in [4.78, 5) is 0. The lowest BCUT2D eigenvalue weighted by atomic mass is 11.6. The Hall–Kier alpha value is -0.270. The van der Waals surface area contributed by atoms with Crippen molar-refractivity contribution in [2.45, 2.75) is 0 Å². The first-order valence-corrected chi connectivity index (χ1v) is 2.82. The van der Waals surface area contributed by atoms with Crippen molar-refractivity contribution in [1.29, 1.82) is 0 Å². The van der Waals surface area contributed by atoms with Crippen molar-refractivity contribution < 1.29 is 21.8 Å². The van der Waals surface area contributed by atoms with Crippen molar-refractivity contribution in [3.8, 4) is 0 Å². The van der Waals surface area contributed by atoms with Gasteiger partial charge in [0, 0.05) is 7.05 Å². The van der Waals surface area contributed by atoms with E-state index in [2.05, 4.69) is 4.39 Å². The molecule has 0 aliphatic heterocycles. The Kier molecular flexibility index (Phi) is 2.26. The molecule has 8 heavy (non-hydrogen) atoms. The van der Waals surface area contributed by atoms with Gasteiger partial charge >= 0.3 is 10.3 Å². The molecule has 0 fully saturated rings. The molecule has 0 amide bonds. The van der Waals surface area contributed by atoms with Crippen LogP contribution in [-0.4, -0.2) is 20.0 Å². The highest BCUT2D eigenvalue weighted by Gasteiger charge is 2.17. The summed E-state index contributed by atoms with van der Waals surface area (Å²) in [6.07, 6.45) is 0. The maximum atomic E-state index is 11.4. The van der Waals surface area contributed by atoms with E-state index in [1.54, 1.807) is 0 Å². The van der Waals surface area contributed by atoms with Crippen LogP contribution in [0.3, 0.4) is 0 Å². The zero-order valence-corrected chi connectivity index (χ0v) is 4.65. The Balaban J connectivity index is 4.17. The quantitative estimate of drug-likeness (QED) is 0.514. The number of hydrogen-bond donors (Lipinski definition) is 0. The van der Waals surface area contributed by atoms with Gasteiger partial charge in [0.1, 0.15) is 0 Å². The normalized spacial score (nSPS) is 12.5. The van der Waals surface area contributed by atoms with E-state index in [-0.39, 0.29) is 0 Å². The smallest absolute Gasteiger partial charge is 0.176 e. The molecule has 0 aromatic rings. The number of hydrogen-bond acceptors (Lipinski definition) is 3. The van der Waals surface area contributed by atoms with Crippen LogP contribution in [0.2, 0.25) is 0 Å². The minimum Gasteiger partial charge on any atom is -0.176 e. The molecular formula is CH3F2NO3S. The highest BCUT2D eigenvalue weighted by Crippen LogP contribution is 1.98. The third-order valence-electron chi connectivity index (χ3n) is 0.388. The molecular weight excluding hydrogens is 144 g/mol. The summed E-state index contributed by atoms with van der Waals surface area (Å²) in [5, 5.41) is 0. The monoisotopic (exact) mass is 147 g/mol. The fourth-order valence-corrected chi connectivity index (χ4v) is 0.116. The van der Waals surface area contributed by atoms with Crippen molar-refractivity contribution in [3.63, 3.8) is 0 Å². The van der Waals surface area contributed by atoms with Crippen molar-refractivity contribution in [2.75, 3.05) is 7.05 Å². The first kappa shape index (κ1) is 7.73. The van der Waals surface area contributed by atoms with Crippen molar-refractivity contribution >= 4 is 10.3 Å². The van der Waals surface area contributed by atoms with E-state index in [1.165, 1.54) is 0 Å². The second kappa shape index (κ2) is 2.33. The van der Waals surface area contributed by atoms with Crippen molar-refractivity contribution in [1.82, 2.24) is 4.53 Å². The van der Waals surface area contributed by atoms with E-state index < -0.39 is 14.8 Å². The Morgan fingerprint density at radius 1 is 1.62 bits per heavy atom. The average Bonchev–Trinajstić information content (AvgIpc) is 1.67. The summed E-state index contributed by atoms with van der Waals surface area (Å²) < 4.78 is 42.7. The molecule has 0 saturated heterocycles. The SMILES string of the molecule is CN(F)S(=O)(=O)OF. The third-order valence-corrected chi connectivity index (χ3v) is 1.16. The molecule has 0 aliphatic rings. The van der Waals surface area contributed by atoms with Gasteiger partial charge in [-0.05, 0) is 13.4 Å². The van der Waals surface area contributed by atoms with Gasteiger partial charge in [0.15, 0.2) is 0 Å². The molecule has 4 nitrogen and oxygen atoms in total. The molecule has 0 N–H and O–H groups in total. The van der Waals surface area contributed by atoms with Crippen LogP contribution in [-0.2, 0) is 14.7 Å². The summed E-state index contributed by atoms with van der Waals surface area (Å²) in [6.45, 7) is 0. The van der Waals surface area contributed by atoms with Crippen molar-refractivity contribution in [2.24, 2.45) is 0 Å².